The van der Waals surface area contributed by atoms with Crippen LogP contribution in [0.4, 0.5) is 0 Å². The summed E-state index contributed by atoms with van der Waals surface area (Å²) < 4.78 is 5.95. The fourth-order valence-corrected chi connectivity index (χ4v) is 2.68. The average Bonchev–Trinajstić information content (AvgIpc) is 2.72. The van der Waals surface area contributed by atoms with E-state index >= 15 is 0 Å². The van der Waals surface area contributed by atoms with Gasteiger partial charge in [0.25, 0.3) is 0 Å². The number of rotatable bonds is 1. The zero-order valence-corrected chi connectivity index (χ0v) is 10.5. The van der Waals surface area contributed by atoms with E-state index in [4.69, 9.17) is 4.42 Å². The molecule has 0 spiro atoms. The van der Waals surface area contributed by atoms with Gasteiger partial charge in [-0.2, -0.15) is 0 Å². The second-order valence-corrected chi connectivity index (χ2v) is 5.33. The van der Waals surface area contributed by atoms with E-state index in [9.17, 15) is 0 Å². The summed E-state index contributed by atoms with van der Waals surface area (Å²) in [5.41, 5.74) is 2.29. The van der Waals surface area contributed by atoms with Crippen LogP contribution in [0.3, 0.4) is 0 Å². The lowest BCUT2D eigenvalue weighted by Gasteiger charge is -2.26. The van der Waals surface area contributed by atoms with Crippen LogP contribution in [0.1, 0.15) is 37.1 Å². The van der Waals surface area contributed by atoms with Crippen molar-refractivity contribution in [1.29, 1.82) is 0 Å². The van der Waals surface area contributed by atoms with Crippen molar-refractivity contribution in [3.8, 4) is 0 Å². The van der Waals surface area contributed by atoms with Gasteiger partial charge in [0, 0.05) is 5.39 Å². The molecule has 1 aliphatic heterocycles. The monoisotopic (exact) mass is 229 g/mol. The number of hydrogen-bond acceptors (Lipinski definition) is 2. The molecule has 2 nitrogen and oxygen atoms in total. The Morgan fingerprint density at radius 2 is 2.18 bits per heavy atom. The summed E-state index contributed by atoms with van der Waals surface area (Å²) >= 11 is 0. The van der Waals surface area contributed by atoms with Crippen LogP contribution in [-0.2, 0) is 0 Å². The van der Waals surface area contributed by atoms with E-state index < -0.39 is 0 Å². The van der Waals surface area contributed by atoms with Crippen molar-refractivity contribution in [2.75, 3.05) is 6.54 Å². The van der Waals surface area contributed by atoms with Crippen molar-refractivity contribution in [3.05, 3.63) is 35.6 Å². The highest BCUT2D eigenvalue weighted by Crippen LogP contribution is 2.31. The van der Waals surface area contributed by atoms with Gasteiger partial charge in [-0.15, -0.1) is 0 Å². The number of nitrogens with one attached hydrogen (secondary N) is 1. The highest BCUT2D eigenvalue weighted by Gasteiger charge is 2.22. The van der Waals surface area contributed by atoms with Gasteiger partial charge in [-0.05, 0) is 50.4 Å². The number of aryl methyl sites for hydroxylation is 1. The van der Waals surface area contributed by atoms with Crippen LogP contribution < -0.4 is 5.32 Å². The summed E-state index contributed by atoms with van der Waals surface area (Å²) in [5.74, 6) is 1.88. The molecule has 1 N–H and O–H groups in total. The fraction of sp³-hybridized carbons (Fsp3) is 0.467. The van der Waals surface area contributed by atoms with Crippen molar-refractivity contribution >= 4 is 11.0 Å². The summed E-state index contributed by atoms with van der Waals surface area (Å²) in [5, 5.41) is 4.77. The molecule has 0 radical (unpaired) electrons. The van der Waals surface area contributed by atoms with Crippen LogP contribution in [0.5, 0.6) is 0 Å². The zero-order valence-electron chi connectivity index (χ0n) is 10.5. The Labute approximate surface area is 102 Å². The highest BCUT2D eigenvalue weighted by molar-refractivity contribution is 5.78. The average molecular weight is 229 g/mol. The van der Waals surface area contributed by atoms with E-state index in [2.05, 4.69) is 43.4 Å². The fourth-order valence-electron chi connectivity index (χ4n) is 2.68. The maximum atomic E-state index is 5.95. The molecular formula is C15H19NO. The Morgan fingerprint density at radius 3 is 3.00 bits per heavy atom. The molecule has 0 aliphatic carbocycles. The van der Waals surface area contributed by atoms with E-state index in [-0.39, 0.29) is 0 Å². The summed E-state index contributed by atoms with van der Waals surface area (Å²) in [4.78, 5) is 0. The molecule has 0 amide bonds. The van der Waals surface area contributed by atoms with Gasteiger partial charge >= 0.3 is 0 Å². The van der Waals surface area contributed by atoms with Gasteiger partial charge in [0.1, 0.15) is 11.3 Å². The minimum absolute atomic E-state index is 0.395. The minimum atomic E-state index is 0.395. The maximum Gasteiger partial charge on any atom is 0.134 e. The zero-order chi connectivity index (χ0) is 11.8. The third-order valence-electron chi connectivity index (χ3n) is 3.70. The van der Waals surface area contributed by atoms with E-state index in [1.54, 1.807) is 0 Å². The molecule has 2 aromatic rings. The number of piperidine rings is 1. The summed E-state index contributed by atoms with van der Waals surface area (Å²) in [7, 11) is 0. The van der Waals surface area contributed by atoms with Gasteiger partial charge in [0.15, 0.2) is 0 Å². The molecule has 90 valence electrons. The molecule has 3 rings (SSSR count). The largest absolute Gasteiger partial charge is 0.459 e. The molecule has 2 atom stereocenters. The van der Waals surface area contributed by atoms with Crippen LogP contribution in [0, 0.1) is 12.8 Å². The van der Waals surface area contributed by atoms with Crippen molar-refractivity contribution in [2.45, 2.75) is 32.7 Å². The normalized spacial score (nSPS) is 25.3. The van der Waals surface area contributed by atoms with Crippen LogP contribution in [0.25, 0.3) is 11.0 Å². The first-order valence-corrected chi connectivity index (χ1v) is 6.46. The van der Waals surface area contributed by atoms with E-state index in [1.807, 2.05) is 0 Å². The van der Waals surface area contributed by atoms with Crippen molar-refractivity contribution in [3.63, 3.8) is 0 Å². The first kappa shape index (κ1) is 10.8. The van der Waals surface area contributed by atoms with E-state index in [0.717, 1.165) is 23.8 Å². The second-order valence-electron chi connectivity index (χ2n) is 5.33. The molecule has 2 unspecified atom stereocenters. The number of furan rings is 1. The van der Waals surface area contributed by atoms with Crippen molar-refractivity contribution in [1.82, 2.24) is 5.32 Å². The molecule has 17 heavy (non-hydrogen) atoms. The van der Waals surface area contributed by atoms with Crippen molar-refractivity contribution in [2.24, 2.45) is 5.92 Å². The Hall–Kier alpha value is -1.28. The smallest absolute Gasteiger partial charge is 0.134 e. The van der Waals surface area contributed by atoms with Gasteiger partial charge in [-0.3, -0.25) is 0 Å². The first-order valence-electron chi connectivity index (χ1n) is 6.46. The topological polar surface area (TPSA) is 25.2 Å². The maximum absolute atomic E-state index is 5.95. The molecule has 2 heterocycles. The Kier molecular flexibility index (Phi) is 2.67. The lowest BCUT2D eigenvalue weighted by atomic mass is 9.93. The van der Waals surface area contributed by atoms with E-state index in [1.165, 1.54) is 23.8 Å². The van der Waals surface area contributed by atoms with Crippen LogP contribution >= 0.6 is 0 Å². The predicted molar refractivity (Wildman–Crippen MR) is 70.1 cm³/mol. The molecular weight excluding hydrogens is 210 g/mol. The standard InChI is InChI=1S/C15H19NO/c1-10-3-4-14-12(7-10)9-15(17-14)13-8-11(2)5-6-16-13/h3-4,7,9,11,13,16H,5-6,8H2,1-2H3. The third-order valence-corrected chi connectivity index (χ3v) is 3.70. The number of benzene rings is 1. The first-order chi connectivity index (χ1) is 8.22. The third kappa shape index (κ3) is 2.09. The molecule has 1 aliphatic rings. The second kappa shape index (κ2) is 4.19. The molecule has 0 bridgehead atoms. The predicted octanol–water partition coefficient (Wildman–Crippen LogP) is 3.80. The van der Waals surface area contributed by atoms with Crippen LogP contribution in [-0.4, -0.2) is 6.54 Å². The van der Waals surface area contributed by atoms with Gasteiger partial charge in [0.2, 0.25) is 0 Å². The molecule has 1 aromatic carbocycles. The minimum Gasteiger partial charge on any atom is -0.459 e. The van der Waals surface area contributed by atoms with Crippen molar-refractivity contribution < 1.29 is 4.42 Å². The van der Waals surface area contributed by atoms with Gasteiger partial charge in [-0.1, -0.05) is 18.6 Å². The van der Waals surface area contributed by atoms with Crippen LogP contribution in [0.15, 0.2) is 28.7 Å². The summed E-state index contributed by atoms with van der Waals surface area (Å²) in [6, 6.07) is 8.95. The Balaban J connectivity index is 1.94. The highest BCUT2D eigenvalue weighted by atomic mass is 16.3. The quantitative estimate of drug-likeness (QED) is 0.804. The summed E-state index contributed by atoms with van der Waals surface area (Å²) in [6.07, 6.45) is 2.45. The Bertz CT molecular complexity index is 529. The van der Waals surface area contributed by atoms with Crippen LogP contribution in [0.2, 0.25) is 0 Å². The SMILES string of the molecule is Cc1ccc2oc(C3CC(C)CCN3)cc2c1. The molecule has 2 heteroatoms. The Morgan fingerprint density at radius 1 is 1.29 bits per heavy atom. The van der Waals surface area contributed by atoms with Gasteiger partial charge in [-0.25, -0.2) is 0 Å². The molecule has 0 saturated carbocycles. The van der Waals surface area contributed by atoms with E-state index in [0.29, 0.717) is 6.04 Å². The molecule has 1 aromatic heterocycles. The lowest BCUT2D eigenvalue weighted by molar-refractivity contribution is 0.294. The van der Waals surface area contributed by atoms with Gasteiger partial charge in [0.05, 0.1) is 6.04 Å². The molecule has 1 fully saturated rings. The summed E-state index contributed by atoms with van der Waals surface area (Å²) in [6.45, 7) is 5.54. The lowest BCUT2D eigenvalue weighted by Crippen LogP contribution is -2.30. The number of hydrogen-bond donors (Lipinski definition) is 1. The number of fused-ring (bicyclic) bond motifs is 1. The van der Waals surface area contributed by atoms with Gasteiger partial charge < -0.3 is 9.73 Å². The molecule has 1 saturated heterocycles.